The van der Waals surface area contributed by atoms with Gasteiger partial charge in [0.15, 0.2) is 0 Å². The Balaban J connectivity index is 2.47. The number of amides is 1. The van der Waals surface area contributed by atoms with E-state index in [1.54, 1.807) is 11.3 Å². The molecule has 1 amide bonds. The van der Waals surface area contributed by atoms with Crippen LogP contribution in [-0.2, 0) is 0 Å². The summed E-state index contributed by atoms with van der Waals surface area (Å²) >= 11 is 4.93. The van der Waals surface area contributed by atoms with E-state index in [1.165, 1.54) is 0 Å². The largest absolute Gasteiger partial charge is 0.349 e. The Hall–Kier alpha value is -0.350. The van der Waals surface area contributed by atoms with Crippen LogP contribution < -0.4 is 5.32 Å². The van der Waals surface area contributed by atoms with Gasteiger partial charge in [0.1, 0.15) is 0 Å². The normalized spacial score (nSPS) is 12.4. The summed E-state index contributed by atoms with van der Waals surface area (Å²) in [5.74, 6) is 0.0408. The van der Waals surface area contributed by atoms with Gasteiger partial charge >= 0.3 is 0 Å². The second-order valence-electron chi connectivity index (χ2n) is 3.07. The van der Waals surface area contributed by atoms with Crippen LogP contribution in [0.25, 0.3) is 0 Å². The van der Waals surface area contributed by atoms with Gasteiger partial charge in [0, 0.05) is 22.3 Å². The average Bonchev–Trinajstić information content (AvgIpc) is 2.69. The van der Waals surface area contributed by atoms with Gasteiger partial charge in [-0.25, -0.2) is 0 Å². The summed E-state index contributed by atoms with van der Waals surface area (Å²) in [5.41, 5.74) is 0.767. The molecule has 1 N–H and O–H groups in total. The van der Waals surface area contributed by atoms with Crippen molar-refractivity contribution in [1.29, 1.82) is 0 Å². The molecule has 0 bridgehead atoms. The second-order valence-corrected chi connectivity index (χ2v) is 4.64. The first-order valence-electron chi connectivity index (χ1n) is 4.67. The number of hydrogen-bond acceptors (Lipinski definition) is 2. The molecule has 0 aromatic carbocycles. The highest BCUT2D eigenvalue weighted by Gasteiger charge is 2.11. The third-order valence-electron chi connectivity index (χ3n) is 2.07. The molecule has 1 atom stereocenters. The minimum absolute atomic E-state index is 0.0408. The molecule has 1 heterocycles. The van der Waals surface area contributed by atoms with E-state index in [-0.39, 0.29) is 11.9 Å². The van der Waals surface area contributed by atoms with Crippen LogP contribution in [0.3, 0.4) is 0 Å². The highest BCUT2D eigenvalue weighted by molar-refractivity contribution is 9.09. The summed E-state index contributed by atoms with van der Waals surface area (Å²) in [4.78, 5) is 11.6. The Morgan fingerprint density at radius 3 is 3.00 bits per heavy atom. The van der Waals surface area contributed by atoms with Crippen molar-refractivity contribution in [2.45, 2.75) is 25.8 Å². The molecule has 0 saturated heterocycles. The summed E-state index contributed by atoms with van der Waals surface area (Å²) in [6.45, 7) is 2.08. The molecule has 0 radical (unpaired) electrons. The first-order valence-corrected chi connectivity index (χ1v) is 6.73. The zero-order chi connectivity index (χ0) is 10.4. The molecule has 1 rings (SSSR count). The van der Waals surface area contributed by atoms with Crippen molar-refractivity contribution < 1.29 is 4.79 Å². The molecule has 2 nitrogen and oxygen atoms in total. The lowest BCUT2D eigenvalue weighted by Crippen LogP contribution is -2.34. The minimum atomic E-state index is 0.0408. The fraction of sp³-hybridized carbons (Fsp3) is 0.500. The van der Waals surface area contributed by atoms with Gasteiger partial charge in [0.2, 0.25) is 0 Å². The van der Waals surface area contributed by atoms with Crippen molar-refractivity contribution in [3.8, 4) is 0 Å². The number of carbonyl (C=O) groups is 1. The van der Waals surface area contributed by atoms with Crippen LogP contribution in [0.5, 0.6) is 0 Å². The SMILES string of the molecule is CCC(CCBr)NC(=O)c1ccsc1. The standard InChI is InChI=1S/C10H14BrNOS/c1-2-9(3-5-11)12-10(13)8-4-6-14-7-8/h4,6-7,9H,2-3,5H2,1H3,(H,12,13). The number of hydrogen-bond donors (Lipinski definition) is 1. The molecule has 1 aromatic rings. The monoisotopic (exact) mass is 275 g/mol. The van der Waals surface area contributed by atoms with E-state index in [9.17, 15) is 4.79 Å². The maximum absolute atomic E-state index is 11.6. The number of thiophene rings is 1. The molecule has 14 heavy (non-hydrogen) atoms. The fourth-order valence-electron chi connectivity index (χ4n) is 1.17. The van der Waals surface area contributed by atoms with E-state index in [0.29, 0.717) is 0 Å². The number of alkyl halides is 1. The number of rotatable bonds is 5. The van der Waals surface area contributed by atoms with Crippen LogP contribution in [-0.4, -0.2) is 17.3 Å². The molecular weight excluding hydrogens is 262 g/mol. The molecular formula is C10H14BrNOS. The molecule has 0 saturated carbocycles. The summed E-state index contributed by atoms with van der Waals surface area (Å²) in [6, 6.07) is 2.13. The molecule has 0 aliphatic heterocycles. The van der Waals surface area contributed by atoms with Crippen molar-refractivity contribution in [1.82, 2.24) is 5.32 Å². The summed E-state index contributed by atoms with van der Waals surface area (Å²) < 4.78 is 0. The lowest BCUT2D eigenvalue weighted by atomic mass is 10.1. The maximum atomic E-state index is 11.6. The smallest absolute Gasteiger partial charge is 0.252 e. The van der Waals surface area contributed by atoms with Crippen molar-refractivity contribution >= 4 is 33.2 Å². The average molecular weight is 276 g/mol. The summed E-state index contributed by atoms with van der Waals surface area (Å²) in [7, 11) is 0. The van der Waals surface area contributed by atoms with Crippen molar-refractivity contribution in [2.75, 3.05) is 5.33 Å². The van der Waals surface area contributed by atoms with Crippen LogP contribution >= 0.6 is 27.3 Å². The molecule has 1 aromatic heterocycles. The van der Waals surface area contributed by atoms with Crippen LogP contribution in [0.4, 0.5) is 0 Å². The molecule has 0 spiro atoms. The third kappa shape index (κ3) is 3.42. The van der Waals surface area contributed by atoms with Gasteiger partial charge in [-0.15, -0.1) is 0 Å². The summed E-state index contributed by atoms with van der Waals surface area (Å²) in [5, 5.41) is 7.72. The molecule has 0 aliphatic rings. The number of halogens is 1. The lowest BCUT2D eigenvalue weighted by molar-refractivity contribution is 0.0935. The van der Waals surface area contributed by atoms with Crippen molar-refractivity contribution in [3.05, 3.63) is 22.4 Å². The van der Waals surface area contributed by atoms with Crippen LogP contribution in [0, 0.1) is 0 Å². The van der Waals surface area contributed by atoms with E-state index < -0.39 is 0 Å². The molecule has 78 valence electrons. The Morgan fingerprint density at radius 2 is 2.50 bits per heavy atom. The van der Waals surface area contributed by atoms with E-state index in [0.717, 1.165) is 23.7 Å². The van der Waals surface area contributed by atoms with Gasteiger partial charge in [-0.1, -0.05) is 22.9 Å². The van der Waals surface area contributed by atoms with Crippen molar-refractivity contribution in [2.24, 2.45) is 0 Å². The van der Waals surface area contributed by atoms with Gasteiger partial charge in [-0.05, 0) is 24.3 Å². The molecule has 0 fully saturated rings. The third-order valence-corrected chi connectivity index (χ3v) is 3.21. The number of carbonyl (C=O) groups excluding carboxylic acids is 1. The van der Waals surface area contributed by atoms with Gasteiger partial charge in [-0.2, -0.15) is 11.3 Å². The second kappa shape index (κ2) is 6.19. The van der Waals surface area contributed by atoms with Gasteiger partial charge < -0.3 is 5.32 Å². The predicted octanol–water partition coefficient (Wildman–Crippen LogP) is 3.04. The van der Waals surface area contributed by atoms with E-state index in [2.05, 4.69) is 28.2 Å². The molecule has 0 aliphatic carbocycles. The van der Waals surface area contributed by atoms with Gasteiger partial charge in [0.25, 0.3) is 5.91 Å². The lowest BCUT2D eigenvalue weighted by Gasteiger charge is -2.14. The van der Waals surface area contributed by atoms with Gasteiger partial charge in [0.05, 0.1) is 0 Å². The van der Waals surface area contributed by atoms with E-state index >= 15 is 0 Å². The maximum Gasteiger partial charge on any atom is 0.252 e. The topological polar surface area (TPSA) is 29.1 Å². The van der Waals surface area contributed by atoms with Crippen LogP contribution in [0.2, 0.25) is 0 Å². The Kier molecular flexibility index (Phi) is 5.19. The van der Waals surface area contributed by atoms with E-state index in [1.807, 2.05) is 16.8 Å². The van der Waals surface area contributed by atoms with Gasteiger partial charge in [-0.3, -0.25) is 4.79 Å². The Labute approximate surface area is 96.8 Å². The van der Waals surface area contributed by atoms with E-state index in [4.69, 9.17) is 0 Å². The zero-order valence-corrected chi connectivity index (χ0v) is 10.5. The predicted molar refractivity (Wildman–Crippen MR) is 64.3 cm³/mol. The molecule has 1 unspecified atom stereocenters. The minimum Gasteiger partial charge on any atom is -0.349 e. The molecule has 4 heteroatoms. The highest BCUT2D eigenvalue weighted by atomic mass is 79.9. The highest BCUT2D eigenvalue weighted by Crippen LogP contribution is 2.07. The number of nitrogens with one attached hydrogen (secondary N) is 1. The van der Waals surface area contributed by atoms with Crippen LogP contribution in [0.1, 0.15) is 30.1 Å². The Morgan fingerprint density at radius 1 is 1.71 bits per heavy atom. The first kappa shape index (κ1) is 11.7. The summed E-state index contributed by atoms with van der Waals surface area (Å²) in [6.07, 6.45) is 1.95. The zero-order valence-electron chi connectivity index (χ0n) is 8.13. The Bertz CT molecular complexity index is 274. The van der Waals surface area contributed by atoms with Crippen LogP contribution in [0.15, 0.2) is 16.8 Å². The quantitative estimate of drug-likeness (QED) is 0.823. The fourth-order valence-corrected chi connectivity index (χ4v) is 2.36. The first-order chi connectivity index (χ1) is 6.77. The van der Waals surface area contributed by atoms with Crippen molar-refractivity contribution in [3.63, 3.8) is 0 Å².